The minimum Gasteiger partial charge on any atom is -0.338 e. The van der Waals surface area contributed by atoms with Gasteiger partial charge in [-0.05, 0) is 18.8 Å². The molecular weight excluding hydrogens is 254 g/mol. The summed E-state index contributed by atoms with van der Waals surface area (Å²) in [6.45, 7) is 3.91. The zero-order valence-corrected chi connectivity index (χ0v) is 11.5. The maximum Gasteiger partial charge on any atom is 0.245 e. The zero-order valence-electron chi connectivity index (χ0n) is 10.7. The van der Waals surface area contributed by atoms with Crippen molar-refractivity contribution in [1.82, 2.24) is 10.1 Å². The molecule has 0 amide bonds. The fourth-order valence-electron chi connectivity index (χ4n) is 2.04. The summed E-state index contributed by atoms with van der Waals surface area (Å²) < 4.78 is 29.0. The molecule has 18 heavy (non-hydrogen) atoms. The van der Waals surface area contributed by atoms with Gasteiger partial charge in [-0.15, -0.1) is 0 Å². The largest absolute Gasteiger partial charge is 0.338 e. The summed E-state index contributed by atoms with van der Waals surface area (Å²) in [7, 11) is -3.15. The van der Waals surface area contributed by atoms with Gasteiger partial charge in [0.15, 0.2) is 15.7 Å². The lowest BCUT2D eigenvalue weighted by molar-refractivity contribution is 0.351. The van der Waals surface area contributed by atoms with Gasteiger partial charge in [0.1, 0.15) is 5.25 Å². The van der Waals surface area contributed by atoms with E-state index in [2.05, 4.69) is 10.1 Å². The van der Waals surface area contributed by atoms with Crippen LogP contribution in [0.2, 0.25) is 0 Å². The fraction of sp³-hybridized carbons (Fsp3) is 0.818. The first kappa shape index (κ1) is 13.5. The van der Waals surface area contributed by atoms with Crippen LogP contribution in [-0.4, -0.2) is 24.3 Å². The predicted octanol–water partition coefficient (Wildman–Crippen LogP) is 1.37. The summed E-state index contributed by atoms with van der Waals surface area (Å²) in [5, 5.41) is 3.16. The van der Waals surface area contributed by atoms with Gasteiger partial charge in [-0.1, -0.05) is 25.4 Å². The Balaban J connectivity index is 2.24. The van der Waals surface area contributed by atoms with Gasteiger partial charge in [0.2, 0.25) is 5.89 Å². The van der Waals surface area contributed by atoms with E-state index in [1.54, 1.807) is 0 Å². The Morgan fingerprint density at radius 3 is 2.72 bits per heavy atom. The average Bonchev–Trinajstić information content (AvgIpc) is 2.76. The van der Waals surface area contributed by atoms with Crippen molar-refractivity contribution in [2.45, 2.75) is 44.4 Å². The summed E-state index contributed by atoms with van der Waals surface area (Å²) in [6.07, 6.45) is 2.14. The van der Waals surface area contributed by atoms with Crippen molar-refractivity contribution in [2.75, 3.05) is 5.75 Å². The summed E-state index contributed by atoms with van der Waals surface area (Å²) in [5.41, 5.74) is 5.91. The first-order valence-corrected chi connectivity index (χ1v) is 7.94. The third-order valence-corrected chi connectivity index (χ3v) is 5.49. The van der Waals surface area contributed by atoms with Crippen molar-refractivity contribution in [3.8, 4) is 0 Å². The predicted molar refractivity (Wildman–Crippen MR) is 66.4 cm³/mol. The molecule has 0 spiro atoms. The van der Waals surface area contributed by atoms with Gasteiger partial charge < -0.3 is 10.3 Å². The Morgan fingerprint density at radius 2 is 2.11 bits per heavy atom. The van der Waals surface area contributed by atoms with Crippen molar-refractivity contribution in [3.05, 3.63) is 11.7 Å². The van der Waals surface area contributed by atoms with Gasteiger partial charge in [-0.25, -0.2) is 8.42 Å². The third kappa shape index (κ3) is 2.56. The second-order valence-corrected chi connectivity index (χ2v) is 7.42. The lowest BCUT2D eigenvalue weighted by Gasteiger charge is -2.18. The molecular formula is C11H19N3O3S. The van der Waals surface area contributed by atoms with Crippen molar-refractivity contribution in [1.29, 1.82) is 0 Å². The van der Waals surface area contributed by atoms with Crippen molar-refractivity contribution >= 4 is 9.84 Å². The van der Waals surface area contributed by atoms with E-state index in [0.717, 1.165) is 6.42 Å². The molecule has 2 heterocycles. The fourth-order valence-corrected chi connectivity index (χ4v) is 3.86. The Hall–Kier alpha value is -0.950. The van der Waals surface area contributed by atoms with E-state index >= 15 is 0 Å². The Morgan fingerprint density at radius 1 is 1.39 bits per heavy atom. The van der Waals surface area contributed by atoms with Crippen LogP contribution in [-0.2, 0) is 9.84 Å². The van der Waals surface area contributed by atoms with Gasteiger partial charge in [-0.3, -0.25) is 0 Å². The van der Waals surface area contributed by atoms with Crippen molar-refractivity contribution in [3.63, 3.8) is 0 Å². The molecule has 1 aliphatic heterocycles. The minimum atomic E-state index is -3.15. The molecule has 2 rings (SSSR count). The van der Waals surface area contributed by atoms with Crippen LogP contribution in [0.5, 0.6) is 0 Å². The highest BCUT2D eigenvalue weighted by molar-refractivity contribution is 7.91. The van der Waals surface area contributed by atoms with Gasteiger partial charge in [0, 0.05) is 0 Å². The van der Waals surface area contributed by atoms with Crippen LogP contribution in [0.15, 0.2) is 4.52 Å². The normalized spacial score (nSPS) is 25.2. The molecule has 2 N–H and O–H groups in total. The molecule has 2 atom stereocenters. The monoisotopic (exact) mass is 273 g/mol. The smallest absolute Gasteiger partial charge is 0.245 e. The maximum absolute atomic E-state index is 11.9. The molecule has 0 aliphatic carbocycles. The number of hydrogen-bond donors (Lipinski definition) is 1. The van der Waals surface area contributed by atoms with Crippen molar-refractivity contribution in [2.24, 2.45) is 11.7 Å². The molecule has 2 unspecified atom stereocenters. The number of aromatic nitrogens is 2. The lowest BCUT2D eigenvalue weighted by Crippen LogP contribution is -2.22. The molecule has 1 aromatic heterocycles. The molecule has 7 heteroatoms. The molecule has 1 saturated heterocycles. The lowest BCUT2D eigenvalue weighted by atomic mass is 10.1. The number of rotatable bonds is 3. The van der Waals surface area contributed by atoms with Crippen LogP contribution in [0.25, 0.3) is 0 Å². The van der Waals surface area contributed by atoms with Gasteiger partial charge in [-0.2, -0.15) is 4.98 Å². The maximum atomic E-state index is 11.9. The topological polar surface area (TPSA) is 99.1 Å². The van der Waals surface area contributed by atoms with Crippen LogP contribution in [0.3, 0.4) is 0 Å². The second kappa shape index (κ2) is 4.97. The van der Waals surface area contributed by atoms with E-state index in [1.165, 1.54) is 0 Å². The van der Waals surface area contributed by atoms with Gasteiger partial charge in [0.25, 0.3) is 0 Å². The molecule has 0 radical (unpaired) electrons. The highest BCUT2D eigenvalue weighted by Crippen LogP contribution is 2.32. The zero-order chi connectivity index (χ0) is 13.3. The van der Waals surface area contributed by atoms with Crippen molar-refractivity contribution < 1.29 is 12.9 Å². The first-order valence-electron chi connectivity index (χ1n) is 6.22. The summed E-state index contributed by atoms with van der Waals surface area (Å²) in [6, 6.07) is -0.325. The molecule has 1 aromatic rings. The van der Waals surface area contributed by atoms with Crippen LogP contribution < -0.4 is 5.73 Å². The summed E-state index contributed by atoms with van der Waals surface area (Å²) in [5.74, 6) is 0.964. The standard InChI is InChI=1S/C11H19N3O3S/c1-7(2)9(12)10-13-11(17-14-10)8-5-3-4-6-18(8,15)16/h7-9H,3-6,12H2,1-2H3. The minimum absolute atomic E-state index is 0.179. The van der Waals surface area contributed by atoms with E-state index in [9.17, 15) is 8.42 Å². The van der Waals surface area contributed by atoms with E-state index < -0.39 is 15.1 Å². The SMILES string of the molecule is CC(C)C(N)c1noc(C2CCCCS2(=O)=O)n1. The van der Waals surface area contributed by atoms with E-state index in [0.29, 0.717) is 18.7 Å². The Labute approximate surface area is 107 Å². The molecule has 0 saturated carbocycles. The van der Waals surface area contributed by atoms with Crippen LogP contribution >= 0.6 is 0 Å². The van der Waals surface area contributed by atoms with Crippen LogP contribution in [0, 0.1) is 5.92 Å². The molecule has 6 nitrogen and oxygen atoms in total. The number of nitrogens with zero attached hydrogens (tertiary/aromatic N) is 2. The molecule has 1 fully saturated rings. The number of sulfone groups is 1. The summed E-state index contributed by atoms with van der Waals surface area (Å²) >= 11 is 0. The molecule has 0 aromatic carbocycles. The third-order valence-electron chi connectivity index (χ3n) is 3.33. The number of nitrogens with two attached hydrogens (primary N) is 1. The van der Waals surface area contributed by atoms with Crippen LogP contribution in [0.4, 0.5) is 0 Å². The summed E-state index contributed by atoms with van der Waals surface area (Å²) in [4.78, 5) is 4.17. The van der Waals surface area contributed by atoms with Gasteiger partial charge >= 0.3 is 0 Å². The van der Waals surface area contributed by atoms with E-state index in [4.69, 9.17) is 10.3 Å². The highest BCUT2D eigenvalue weighted by Gasteiger charge is 2.35. The van der Waals surface area contributed by atoms with Crippen LogP contribution in [0.1, 0.15) is 56.1 Å². The number of hydrogen-bond acceptors (Lipinski definition) is 6. The average molecular weight is 273 g/mol. The first-order chi connectivity index (χ1) is 8.42. The molecule has 0 bridgehead atoms. The second-order valence-electron chi connectivity index (χ2n) is 5.11. The Kier molecular flexibility index (Phi) is 3.72. The quantitative estimate of drug-likeness (QED) is 0.892. The molecule has 102 valence electrons. The van der Waals surface area contributed by atoms with Gasteiger partial charge in [0.05, 0.1) is 11.8 Å². The Bertz CT molecular complexity index is 509. The van der Waals surface area contributed by atoms with E-state index in [1.807, 2.05) is 13.8 Å². The van der Waals surface area contributed by atoms with E-state index in [-0.39, 0.29) is 23.6 Å². The highest BCUT2D eigenvalue weighted by atomic mass is 32.2. The molecule has 1 aliphatic rings.